The van der Waals surface area contributed by atoms with E-state index in [0.29, 0.717) is 28.8 Å². The van der Waals surface area contributed by atoms with Crippen LogP contribution in [0.3, 0.4) is 0 Å². The Hall–Kier alpha value is -3.28. The second-order valence-electron chi connectivity index (χ2n) is 5.81. The summed E-state index contributed by atoms with van der Waals surface area (Å²) in [4.78, 5) is 4.00. The van der Waals surface area contributed by atoms with E-state index in [-0.39, 0.29) is 23.2 Å². The van der Waals surface area contributed by atoms with Crippen LogP contribution < -0.4 is 11.5 Å². The lowest BCUT2D eigenvalue weighted by Crippen LogP contribution is -2.14. The molecular formula is C20H22FN5. The van der Waals surface area contributed by atoms with Crippen molar-refractivity contribution in [1.82, 2.24) is 0 Å². The van der Waals surface area contributed by atoms with E-state index in [0.717, 1.165) is 5.56 Å². The Labute approximate surface area is 152 Å². The van der Waals surface area contributed by atoms with Crippen LogP contribution in [0.4, 0.5) is 10.1 Å². The van der Waals surface area contributed by atoms with Crippen molar-refractivity contribution in [2.24, 2.45) is 10.7 Å². The van der Waals surface area contributed by atoms with Crippen LogP contribution in [0, 0.1) is 16.6 Å². The Morgan fingerprint density at radius 3 is 2.58 bits per heavy atom. The molecule has 0 aliphatic rings. The fourth-order valence-corrected chi connectivity index (χ4v) is 2.68. The summed E-state index contributed by atoms with van der Waals surface area (Å²) in [7, 11) is 0. The summed E-state index contributed by atoms with van der Waals surface area (Å²) < 4.78 is 13.3. The molecule has 0 amide bonds. The number of rotatable bonds is 5. The van der Waals surface area contributed by atoms with E-state index in [9.17, 15) is 4.39 Å². The molecule has 0 aromatic heterocycles. The highest BCUT2D eigenvalue weighted by atomic mass is 19.1. The predicted octanol–water partition coefficient (Wildman–Crippen LogP) is 3.75. The molecule has 6 heteroatoms. The minimum atomic E-state index is -0.335. The zero-order chi connectivity index (χ0) is 19.3. The van der Waals surface area contributed by atoms with Gasteiger partial charge in [-0.3, -0.25) is 5.41 Å². The number of halogens is 1. The number of nitrogens with one attached hydrogen (secondary N) is 2. The summed E-state index contributed by atoms with van der Waals surface area (Å²) in [5.41, 5.74) is 14.8. The molecule has 0 radical (unpaired) electrons. The highest BCUT2D eigenvalue weighted by Crippen LogP contribution is 2.24. The van der Waals surface area contributed by atoms with Crippen molar-refractivity contribution in [3.8, 4) is 0 Å². The predicted molar refractivity (Wildman–Crippen MR) is 107 cm³/mol. The van der Waals surface area contributed by atoms with E-state index in [4.69, 9.17) is 22.3 Å². The van der Waals surface area contributed by atoms with Gasteiger partial charge in [-0.1, -0.05) is 25.1 Å². The number of anilines is 1. The lowest BCUT2D eigenvalue weighted by atomic mass is 9.93. The molecule has 0 spiro atoms. The molecule has 0 aliphatic heterocycles. The van der Waals surface area contributed by atoms with Crippen LogP contribution in [0.5, 0.6) is 0 Å². The van der Waals surface area contributed by atoms with Crippen LogP contribution in [-0.2, 0) is 6.42 Å². The monoisotopic (exact) mass is 351 g/mol. The van der Waals surface area contributed by atoms with Gasteiger partial charge in [0.25, 0.3) is 0 Å². The molecule has 6 N–H and O–H groups in total. The Kier molecular flexibility index (Phi) is 6.01. The number of hydrogen-bond donors (Lipinski definition) is 4. The van der Waals surface area contributed by atoms with Crippen LogP contribution in [0.15, 0.2) is 47.5 Å². The van der Waals surface area contributed by atoms with Crippen molar-refractivity contribution < 1.29 is 4.39 Å². The second-order valence-corrected chi connectivity index (χ2v) is 5.81. The molecule has 5 nitrogen and oxygen atoms in total. The average Bonchev–Trinajstić information content (AvgIpc) is 2.58. The third-order valence-electron chi connectivity index (χ3n) is 3.80. The molecule has 0 saturated heterocycles. The molecular weight excluding hydrogens is 329 g/mol. The Balaban J connectivity index is 2.46. The molecule has 0 atom stereocenters. The van der Waals surface area contributed by atoms with Gasteiger partial charge >= 0.3 is 0 Å². The summed E-state index contributed by atoms with van der Waals surface area (Å²) in [6.07, 6.45) is 3.81. The van der Waals surface area contributed by atoms with Crippen molar-refractivity contribution in [1.29, 1.82) is 10.8 Å². The standard InChI is InChI=1S/C20H22FN5/c1-3-15-16(20(25)26-12(2)22)8-10-18(24)19(15)17(23)9-7-13-5-4-6-14(21)11-13/h4-11,23H,3,24H2,1-2H3,(H3,22,25,26)/b9-7+,23-17?. The summed E-state index contributed by atoms with van der Waals surface area (Å²) >= 11 is 0. The maximum atomic E-state index is 13.3. The first-order valence-electron chi connectivity index (χ1n) is 8.17. The summed E-state index contributed by atoms with van der Waals surface area (Å²) in [5.74, 6) is -0.0144. The number of allylic oxidation sites excluding steroid dienone is 1. The lowest BCUT2D eigenvalue weighted by molar-refractivity contribution is 0.627. The summed E-state index contributed by atoms with van der Waals surface area (Å²) in [6, 6.07) is 9.49. The Bertz CT molecular complexity index is 908. The van der Waals surface area contributed by atoms with Crippen LogP contribution in [0.2, 0.25) is 0 Å². The van der Waals surface area contributed by atoms with Gasteiger partial charge in [-0.05, 0) is 54.8 Å². The van der Waals surface area contributed by atoms with Crippen LogP contribution in [0.25, 0.3) is 6.08 Å². The van der Waals surface area contributed by atoms with Gasteiger partial charge in [-0.15, -0.1) is 0 Å². The molecule has 2 rings (SSSR count). The molecule has 26 heavy (non-hydrogen) atoms. The second kappa shape index (κ2) is 8.20. The van der Waals surface area contributed by atoms with E-state index in [2.05, 4.69) is 4.99 Å². The van der Waals surface area contributed by atoms with E-state index in [1.807, 2.05) is 6.92 Å². The first-order valence-corrected chi connectivity index (χ1v) is 8.17. The van der Waals surface area contributed by atoms with E-state index < -0.39 is 0 Å². The maximum absolute atomic E-state index is 13.3. The normalized spacial score (nSPS) is 11.7. The van der Waals surface area contributed by atoms with Crippen LogP contribution in [-0.4, -0.2) is 17.4 Å². The molecule has 0 saturated carbocycles. The van der Waals surface area contributed by atoms with Crippen molar-refractivity contribution in [2.45, 2.75) is 20.3 Å². The van der Waals surface area contributed by atoms with Gasteiger partial charge in [0.15, 0.2) is 5.84 Å². The zero-order valence-corrected chi connectivity index (χ0v) is 14.8. The third-order valence-corrected chi connectivity index (χ3v) is 3.80. The van der Waals surface area contributed by atoms with Crippen molar-refractivity contribution in [3.63, 3.8) is 0 Å². The molecule has 0 fully saturated rings. The Morgan fingerprint density at radius 1 is 1.23 bits per heavy atom. The first kappa shape index (κ1) is 19.1. The number of nitrogens with zero attached hydrogens (tertiary/aromatic N) is 1. The molecule has 0 bridgehead atoms. The highest BCUT2D eigenvalue weighted by Gasteiger charge is 2.16. The minimum Gasteiger partial charge on any atom is -0.398 e. The minimum absolute atomic E-state index is 0.0324. The number of aliphatic imine (C=N–C) groups is 1. The molecule has 2 aromatic carbocycles. The van der Waals surface area contributed by atoms with Gasteiger partial charge < -0.3 is 16.9 Å². The zero-order valence-electron chi connectivity index (χ0n) is 14.8. The van der Waals surface area contributed by atoms with E-state index in [1.165, 1.54) is 12.1 Å². The number of hydrogen-bond acceptors (Lipinski definition) is 3. The topological polar surface area (TPSA) is 112 Å². The fraction of sp³-hybridized carbons (Fsp3) is 0.150. The number of nitrogen functional groups attached to an aromatic ring is 1. The van der Waals surface area contributed by atoms with Gasteiger partial charge in [0.2, 0.25) is 0 Å². The number of benzene rings is 2. The first-order chi connectivity index (χ1) is 12.3. The van der Waals surface area contributed by atoms with Gasteiger partial charge in [-0.25, -0.2) is 9.38 Å². The number of amidine groups is 2. The van der Waals surface area contributed by atoms with E-state index >= 15 is 0 Å². The van der Waals surface area contributed by atoms with Crippen molar-refractivity contribution in [2.75, 3.05) is 5.73 Å². The summed E-state index contributed by atoms with van der Waals surface area (Å²) in [5, 5.41) is 16.5. The third kappa shape index (κ3) is 4.42. The number of nitrogens with two attached hydrogens (primary N) is 2. The van der Waals surface area contributed by atoms with Gasteiger partial charge in [0, 0.05) is 16.8 Å². The van der Waals surface area contributed by atoms with Crippen LogP contribution >= 0.6 is 0 Å². The average molecular weight is 351 g/mol. The SMILES string of the molecule is CCc1c(C(=N)N=C(C)N)ccc(N)c1C(=N)/C=C/c1cccc(F)c1. The van der Waals surface area contributed by atoms with Crippen molar-refractivity contribution >= 4 is 29.1 Å². The molecule has 0 aliphatic carbocycles. The van der Waals surface area contributed by atoms with Gasteiger partial charge in [0.05, 0.1) is 11.5 Å². The van der Waals surface area contributed by atoms with Gasteiger partial charge in [-0.2, -0.15) is 0 Å². The Morgan fingerprint density at radius 2 is 1.96 bits per heavy atom. The maximum Gasteiger partial charge on any atom is 0.154 e. The molecule has 0 heterocycles. The quantitative estimate of drug-likeness (QED) is 0.373. The fourth-order valence-electron chi connectivity index (χ4n) is 2.68. The smallest absolute Gasteiger partial charge is 0.154 e. The van der Waals surface area contributed by atoms with E-state index in [1.54, 1.807) is 43.3 Å². The molecule has 2 aromatic rings. The van der Waals surface area contributed by atoms with Crippen LogP contribution in [0.1, 0.15) is 36.1 Å². The molecule has 134 valence electrons. The molecule has 0 unspecified atom stereocenters. The summed E-state index contributed by atoms with van der Waals surface area (Å²) in [6.45, 7) is 3.54. The lowest BCUT2D eigenvalue weighted by Gasteiger charge is -2.15. The van der Waals surface area contributed by atoms with Crippen molar-refractivity contribution in [3.05, 3.63) is 70.5 Å². The largest absolute Gasteiger partial charge is 0.398 e. The van der Waals surface area contributed by atoms with Gasteiger partial charge in [0.1, 0.15) is 5.82 Å². The highest BCUT2D eigenvalue weighted by molar-refractivity contribution is 6.15.